The van der Waals surface area contributed by atoms with E-state index in [0.717, 1.165) is 21.0 Å². The van der Waals surface area contributed by atoms with Crippen LogP contribution in [0.1, 0.15) is 28.1 Å². The average molecular weight is 366 g/mol. The summed E-state index contributed by atoms with van der Waals surface area (Å²) in [7, 11) is 0. The number of aryl methyl sites for hydroxylation is 1. The number of thiophene rings is 1. The summed E-state index contributed by atoms with van der Waals surface area (Å²) in [5.41, 5.74) is 4.81. The fourth-order valence-corrected chi connectivity index (χ4v) is 4.52. The minimum atomic E-state index is -0.429. The Balaban J connectivity index is 1.60. The van der Waals surface area contributed by atoms with Crippen molar-refractivity contribution in [3.8, 4) is 11.1 Å². The van der Waals surface area contributed by atoms with Crippen LogP contribution >= 0.6 is 11.3 Å². The van der Waals surface area contributed by atoms with Crippen molar-refractivity contribution in [2.45, 2.75) is 19.8 Å². The molecule has 3 amide bonds. The van der Waals surface area contributed by atoms with Crippen LogP contribution in [0.4, 0.5) is 0 Å². The normalized spacial score (nSPS) is 21.8. The molecular weight excluding hydrogens is 348 g/mol. The van der Waals surface area contributed by atoms with Crippen molar-refractivity contribution in [2.75, 3.05) is 0 Å². The van der Waals surface area contributed by atoms with Crippen molar-refractivity contribution in [3.63, 3.8) is 0 Å². The first-order valence-electron chi connectivity index (χ1n) is 8.55. The average Bonchev–Trinajstić information content (AvgIpc) is 3.16. The lowest BCUT2D eigenvalue weighted by molar-refractivity contribution is -0.142. The van der Waals surface area contributed by atoms with Crippen LogP contribution in [0, 0.1) is 18.8 Å². The molecular formula is C20H18N2O3S. The van der Waals surface area contributed by atoms with Crippen molar-refractivity contribution in [3.05, 3.63) is 58.3 Å². The molecule has 0 bridgehead atoms. The fraction of sp³-hybridized carbons (Fsp3) is 0.250. The summed E-state index contributed by atoms with van der Waals surface area (Å²) in [6, 6.07) is 9.64. The first-order valence-corrected chi connectivity index (χ1v) is 9.43. The van der Waals surface area contributed by atoms with E-state index in [1.165, 1.54) is 11.3 Å². The molecule has 1 aliphatic heterocycles. The molecule has 1 aromatic carbocycles. The lowest BCUT2D eigenvalue weighted by atomic mass is 9.85. The van der Waals surface area contributed by atoms with E-state index in [1.54, 1.807) is 5.38 Å². The van der Waals surface area contributed by atoms with Gasteiger partial charge >= 0.3 is 0 Å². The van der Waals surface area contributed by atoms with Crippen LogP contribution in [0.3, 0.4) is 0 Å². The zero-order valence-electron chi connectivity index (χ0n) is 14.3. The van der Waals surface area contributed by atoms with E-state index in [2.05, 4.69) is 5.43 Å². The second-order valence-electron chi connectivity index (χ2n) is 6.56. The Hall–Kier alpha value is -2.73. The van der Waals surface area contributed by atoms with E-state index in [-0.39, 0.29) is 23.7 Å². The number of hydrogen-bond acceptors (Lipinski definition) is 4. The molecule has 0 radical (unpaired) electrons. The van der Waals surface area contributed by atoms with Gasteiger partial charge in [-0.25, -0.2) is 0 Å². The Bertz CT molecular complexity index is 890. The summed E-state index contributed by atoms with van der Waals surface area (Å²) < 4.78 is 0. The number of fused-ring (bicyclic) bond motifs is 1. The maximum absolute atomic E-state index is 12.8. The molecule has 2 heterocycles. The molecule has 5 nitrogen and oxygen atoms in total. The van der Waals surface area contributed by atoms with Gasteiger partial charge in [-0.15, -0.1) is 11.3 Å². The zero-order chi connectivity index (χ0) is 18.3. The highest BCUT2D eigenvalue weighted by molar-refractivity contribution is 7.10. The molecule has 0 saturated carbocycles. The van der Waals surface area contributed by atoms with Crippen LogP contribution in [0.5, 0.6) is 0 Å². The Morgan fingerprint density at radius 3 is 2.31 bits per heavy atom. The number of carbonyl (C=O) groups is 3. The minimum Gasteiger partial charge on any atom is -0.272 e. The highest BCUT2D eigenvalue weighted by Crippen LogP contribution is 2.35. The zero-order valence-corrected chi connectivity index (χ0v) is 15.1. The Labute approximate surface area is 155 Å². The number of hydrazine groups is 1. The first kappa shape index (κ1) is 16.7. The molecule has 2 atom stereocenters. The number of imide groups is 1. The molecule has 1 N–H and O–H groups in total. The molecule has 4 rings (SSSR count). The maximum Gasteiger partial charge on any atom is 0.271 e. The lowest BCUT2D eigenvalue weighted by Crippen LogP contribution is -2.46. The van der Waals surface area contributed by atoms with Gasteiger partial charge in [0, 0.05) is 15.8 Å². The van der Waals surface area contributed by atoms with Gasteiger partial charge in [-0.3, -0.25) is 19.8 Å². The van der Waals surface area contributed by atoms with Crippen molar-refractivity contribution >= 4 is 29.1 Å². The Morgan fingerprint density at radius 2 is 1.69 bits per heavy atom. The summed E-state index contributed by atoms with van der Waals surface area (Å²) in [6.45, 7) is 1.95. The smallest absolute Gasteiger partial charge is 0.271 e. The fourth-order valence-electron chi connectivity index (χ4n) is 3.66. The number of rotatable bonds is 3. The summed E-state index contributed by atoms with van der Waals surface area (Å²) in [6.07, 6.45) is 4.95. The van der Waals surface area contributed by atoms with E-state index in [9.17, 15) is 14.4 Å². The van der Waals surface area contributed by atoms with Crippen molar-refractivity contribution in [1.29, 1.82) is 0 Å². The molecule has 26 heavy (non-hydrogen) atoms. The molecule has 1 aliphatic carbocycles. The Morgan fingerprint density at radius 1 is 1.08 bits per heavy atom. The third-order valence-electron chi connectivity index (χ3n) is 5.00. The highest BCUT2D eigenvalue weighted by Gasteiger charge is 2.48. The SMILES string of the molecule is Cc1scc(C(=O)NN2C(=O)[C@H]3CC=CC[C@H]3C2=O)c1-c1ccccc1. The van der Waals surface area contributed by atoms with Gasteiger partial charge in [-0.05, 0) is 25.3 Å². The molecule has 1 saturated heterocycles. The monoisotopic (exact) mass is 366 g/mol. The number of allylic oxidation sites excluding steroid dienone is 2. The summed E-state index contributed by atoms with van der Waals surface area (Å²) in [4.78, 5) is 38.9. The predicted molar refractivity (Wildman–Crippen MR) is 99.2 cm³/mol. The first-order chi connectivity index (χ1) is 12.6. The van der Waals surface area contributed by atoms with Crippen LogP contribution in [0.25, 0.3) is 11.1 Å². The van der Waals surface area contributed by atoms with Gasteiger partial charge in [0.15, 0.2) is 0 Å². The van der Waals surface area contributed by atoms with Gasteiger partial charge in [0.1, 0.15) is 0 Å². The molecule has 0 unspecified atom stereocenters. The lowest BCUT2D eigenvalue weighted by Gasteiger charge is -2.16. The molecule has 132 valence electrons. The topological polar surface area (TPSA) is 66.5 Å². The number of hydrogen-bond donors (Lipinski definition) is 1. The Kier molecular flexibility index (Phi) is 4.20. The van der Waals surface area contributed by atoms with E-state index in [1.807, 2.05) is 49.4 Å². The molecule has 2 aromatic rings. The van der Waals surface area contributed by atoms with E-state index >= 15 is 0 Å². The van der Waals surface area contributed by atoms with Crippen molar-refractivity contribution < 1.29 is 14.4 Å². The van der Waals surface area contributed by atoms with E-state index in [0.29, 0.717) is 18.4 Å². The number of carbonyl (C=O) groups excluding carboxylic acids is 3. The largest absolute Gasteiger partial charge is 0.272 e. The summed E-state index contributed by atoms with van der Waals surface area (Å²) in [5.74, 6) is -1.77. The van der Waals surface area contributed by atoms with Gasteiger partial charge in [0.05, 0.1) is 17.4 Å². The number of nitrogens with zero attached hydrogens (tertiary/aromatic N) is 1. The van der Waals surface area contributed by atoms with Crippen molar-refractivity contribution in [2.24, 2.45) is 11.8 Å². The molecule has 0 spiro atoms. The summed E-state index contributed by atoms with van der Waals surface area (Å²) >= 11 is 1.47. The van der Waals surface area contributed by atoms with Crippen LogP contribution in [-0.4, -0.2) is 22.7 Å². The quantitative estimate of drug-likeness (QED) is 0.669. The number of nitrogens with one attached hydrogen (secondary N) is 1. The van der Waals surface area contributed by atoms with Gasteiger partial charge in [-0.2, -0.15) is 5.01 Å². The van der Waals surface area contributed by atoms with E-state index in [4.69, 9.17) is 0 Å². The second kappa shape index (κ2) is 6.53. The number of benzene rings is 1. The van der Waals surface area contributed by atoms with Crippen LogP contribution < -0.4 is 5.43 Å². The van der Waals surface area contributed by atoms with Crippen LogP contribution in [0.15, 0.2) is 47.9 Å². The van der Waals surface area contributed by atoms with Gasteiger partial charge in [0.2, 0.25) is 0 Å². The third kappa shape index (κ3) is 2.66. The van der Waals surface area contributed by atoms with Gasteiger partial charge < -0.3 is 0 Å². The van der Waals surface area contributed by atoms with Gasteiger partial charge in [-0.1, -0.05) is 42.5 Å². The predicted octanol–water partition coefficient (Wildman–Crippen LogP) is 3.32. The molecule has 2 aliphatic rings. The van der Waals surface area contributed by atoms with Gasteiger partial charge in [0.25, 0.3) is 17.7 Å². The number of amides is 3. The summed E-state index contributed by atoms with van der Waals surface area (Å²) in [5, 5.41) is 2.69. The second-order valence-corrected chi connectivity index (χ2v) is 7.64. The maximum atomic E-state index is 12.8. The standard InChI is InChI=1S/C20H18N2O3S/c1-12-17(13-7-3-2-4-8-13)16(11-26-12)18(23)21-22-19(24)14-9-5-6-10-15(14)20(22)25/h2-8,11,14-15H,9-10H2,1H3,(H,21,23)/t14-,15+. The third-order valence-corrected chi connectivity index (χ3v) is 5.91. The highest BCUT2D eigenvalue weighted by atomic mass is 32.1. The van der Waals surface area contributed by atoms with Crippen LogP contribution in [-0.2, 0) is 9.59 Å². The molecule has 1 aromatic heterocycles. The van der Waals surface area contributed by atoms with Crippen molar-refractivity contribution in [1.82, 2.24) is 10.4 Å². The van der Waals surface area contributed by atoms with E-state index < -0.39 is 5.91 Å². The molecule has 1 fully saturated rings. The van der Waals surface area contributed by atoms with Crippen LogP contribution in [0.2, 0.25) is 0 Å². The minimum absolute atomic E-state index is 0.314. The molecule has 6 heteroatoms.